The van der Waals surface area contributed by atoms with E-state index in [2.05, 4.69) is 42.8 Å². The highest BCUT2D eigenvalue weighted by atomic mass is 79.9. The molecule has 0 aromatic heterocycles. The summed E-state index contributed by atoms with van der Waals surface area (Å²) in [6, 6.07) is 2.05. The topological polar surface area (TPSA) is 35.2 Å². The number of benzene rings is 1. The highest BCUT2D eigenvalue weighted by Crippen LogP contribution is 2.35. The number of methoxy groups -OCH3 is 1. The molecule has 1 aromatic rings. The summed E-state index contributed by atoms with van der Waals surface area (Å²) >= 11 is 3.56. The van der Waals surface area contributed by atoms with Crippen molar-refractivity contribution in [1.82, 2.24) is 0 Å². The first-order chi connectivity index (χ1) is 7.02. The normalized spacial score (nSPS) is 12.7. The van der Waals surface area contributed by atoms with E-state index in [1.807, 2.05) is 0 Å². The summed E-state index contributed by atoms with van der Waals surface area (Å²) in [6.45, 7) is 7.01. The minimum absolute atomic E-state index is 0.382. The molecule has 0 saturated heterocycles. The Labute approximate surface area is 99.9 Å². The van der Waals surface area contributed by atoms with Crippen LogP contribution in [0.1, 0.15) is 29.5 Å². The molecule has 1 atom stereocenters. The van der Waals surface area contributed by atoms with Crippen LogP contribution >= 0.6 is 15.9 Å². The molecule has 1 unspecified atom stereocenters. The SMILES string of the molecule is COc1cc(C)c(C(C)CN)c(C)c1Br. The van der Waals surface area contributed by atoms with E-state index < -0.39 is 0 Å². The molecule has 0 spiro atoms. The summed E-state index contributed by atoms with van der Waals surface area (Å²) in [5, 5.41) is 0. The Morgan fingerprint density at radius 1 is 1.47 bits per heavy atom. The molecule has 3 heteroatoms. The average molecular weight is 272 g/mol. The van der Waals surface area contributed by atoms with Gasteiger partial charge in [0, 0.05) is 0 Å². The van der Waals surface area contributed by atoms with E-state index in [1.165, 1.54) is 16.7 Å². The van der Waals surface area contributed by atoms with Crippen LogP contribution in [0.5, 0.6) is 5.75 Å². The molecular weight excluding hydrogens is 254 g/mol. The smallest absolute Gasteiger partial charge is 0.133 e. The van der Waals surface area contributed by atoms with Crippen LogP contribution < -0.4 is 10.5 Å². The molecule has 0 fully saturated rings. The first kappa shape index (κ1) is 12.5. The molecule has 2 nitrogen and oxygen atoms in total. The maximum absolute atomic E-state index is 5.72. The minimum Gasteiger partial charge on any atom is -0.496 e. The third-order valence-electron chi connectivity index (χ3n) is 2.79. The Kier molecular flexibility index (Phi) is 4.17. The molecular formula is C12H18BrNO. The molecule has 0 aliphatic rings. The molecule has 15 heavy (non-hydrogen) atoms. The Balaban J connectivity index is 3.35. The predicted octanol–water partition coefficient (Wildman–Crippen LogP) is 3.14. The molecule has 2 N–H and O–H groups in total. The van der Waals surface area contributed by atoms with E-state index in [1.54, 1.807) is 7.11 Å². The molecule has 1 rings (SSSR count). The van der Waals surface area contributed by atoms with Crippen molar-refractivity contribution in [3.05, 3.63) is 27.2 Å². The Bertz CT molecular complexity index is 363. The molecule has 0 aliphatic heterocycles. The van der Waals surface area contributed by atoms with Crippen molar-refractivity contribution in [3.8, 4) is 5.75 Å². The fraction of sp³-hybridized carbons (Fsp3) is 0.500. The first-order valence-corrected chi connectivity index (χ1v) is 5.85. The summed E-state index contributed by atoms with van der Waals surface area (Å²) in [5.74, 6) is 1.27. The van der Waals surface area contributed by atoms with Crippen molar-refractivity contribution < 1.29 is 4.74 Å². The van der Waals surface area contributed by atoms with Gasteiger partial charge in [0.1, 0.15) is 5.75 Å². The van der Waals surface area contributed by atoms with Crippen molar-refractivity contribution in [1.29, 1.82) is 0 Å². The van der Waals surface area contributed by atoms with Crippen molar-refractivity contribution in [3.63, 3.8) is 0 Å². The number of rotatable bonds is 3. The van der Waals surface area contributed by atoms with Gasteiger partial charge < -0.3 is 10.5 Å². The Morgan fingerprint density at radius 3 is 2.53 bits per heavy atom. The lowest BCUT2D eigenvalue weighted by Gasteiger charge is -2.19. The third kappa shape index (κ3) is 2.34. The molecule has 0 amide bonds. The van der Waals surface area contributed by atoms with Gasteiger partial charge in [0.05, 0.1) is 11.6 Å². The number of aryl methyl sites for hydroxylation is 1. The maximum atomic E-state index is 5.72. The van der Waals surface area contributed by atoms with E-state index >= 15 is 0 Å². The standard InChI is InChI=1S/C12H18BrNO/c1-7-5-10(15-4)12(13)9(3)11(7)8(2)6-14/h5,8H,6,14H2,1-4H3. The Morgan fingerprint density at radius 2 is 2.07 bits per heavy atom. The van der Waals surface area contributed by atoms with Gasteiger partial charge in [-0.15, -0.1) is 0 Å². The number of halogens is 1. The maximum Gasteiger partial charge on any atom is 0.133 e. The molecule has 0 heterocycles. The van der Waals surface area contributed by atoms with Gasteiger partial charge in [0.15, 0.2) is 0 Å². The van der Waals surface area contributed by atoms with Crippen molar-refractivity contribution in [2.45, 2.75) is 26.7 Å². The van der Waals surface area contributed by atoms with Gasteiger partial charge >= 0.3 is 0 Å². The highest BCUT2D eigenvalue weighted by Gasteiger charge is 2.15. The van der Waals surface area contributed by atoms with Crippen LogP contribution in [-0.4, -0.2) is 13.7 Å². The number of ether oxygens (including phenoxy) is 1. The quantitative estimate of drug-likeness (QED) is 0.917. The fourth-order valence-corrected chi connectivity index (χ4v) is 2.45. The van der Waals surface area contributed by atoms with E-state index in [9.17, 15) is 0 Å². The number of hydrogen-bond acceptors (Lipinski definition) is 2. The van der Waals surface area contributed by atoms with Crippen molar-refractivity contribution >= 4 is 15.9 Å². The lowest BCUT2D eigenvalue weighted by atomic mass is 9.92. The first-order valence-electron chi connectivity index (χ1n) is 5.06. The lowest BCUT2D eigenvalue weighted by Crippen LogP contribution is -2.12. The third-order valence-corrected chi connectivity index (χ3v) is 3.77. The predicted molar refractivity (Wildman–Crippen MR) is 67.6 cm³/mol. The van der Waals surface area contributed by atoms with E-state index in [0.29, 0.717) is 12.5 Å². The highest BCUT2D eigenvalue weighted by molar-refractivity contribution is 9.10. The van der Waals surface area contributed by atoms with E-state index in [4.69, 9.17) is 10.5 Å². The van der Waals surface area contributed by atoms with Gasteiger partial charge in [-0.1, -0.05) is 6.92 Å². The summed E-state index contributed by atoms with van der Waals surface area (Å²) in [6.07, 6.45) is 0. The monoisotopic (exact) mass is 271 g/mol. The van der Waals surface area contributed by atoms with Crippen LogP contribution in [-0.2, 0) is 0 Å². The second-order valence-corrected chi connectivity index (χ2v) is 4.68. The van der Waals surface area contributed by atoms with Crippen LogP contribution in [0, 0.1) is 13.8 Å². The minimum atomic E-state index is 0.382. The Hall–Kier alpha value is -0.540. The molecule has 0 bridgehead atoms. The molecule has 1 aromatic carbocycles. The second-order valence-electron chi connectivity index (χ2n) is 3.89. The molecule has 0 saturated carbocycles. The number of hydrogen-bond donors (Lipinski definition) is 1. The molecule has 0 radical (unpaired) electrons. The van der Waals surface area contributed by atoms with Gasteiger partial charge in [-0.2, -0.15) is 0 Å². The zero-order chi connectivity index (χ0) is 11.6. The largest absolute Gasteiger partial charge is 0.496 e. The van der Waals surface area contributed by atoms with Crippen LogP contribution in [0.2, 0.25) is 0 Å². The summed E-state index contributed by atoms with van der Waals surface area (Å²) in [7, 11) is 1.69. The van der Waals surface area contributed by atoms with Crippen LogP contribution in [0.15, 0.2) is 10.5 Å². The van der Waals surface area contributed by atoms with Crippen LogP contribution in [0.3, 0.4) is 0 Å². The zero-order valence-corrected chi connectivity index (χ0v) is 11.3. The van der Waals surface area contributed by atoms with Crippen molar-refractivity contribution in [2.24, 2.45) is 5.73 Å². The van der Waals surface area contributed by atoms with Gasteiger partial charge in [-0.05, 0) is 65.0 Å². The van der Waals surface area contributed by atoms with Crippen LogP contribution in [0.25, 0.3) is 0 Å². The van der Waals surface area contributed by atoms with E-state index in [0.717, 1.165) is 10.2 Å². The zero-order valence-electron chi connectivity index (χ0n) is 9.73. The lowest BCUT2D eigenvalue weighted by molar-refractivity contribution is 0.411. The molecule has 0 aliphatic carbocycles. The van der Waals surface area contributed by atoms with Gasteiger partial charge in [-0.25, -0.2) is 0 Å². The number of nitrogens with two attached hydrogens (primary N) is 1. The van der Waals surface area contributed by atoms with Gasteiger partial charge in [-0.3, -0.25) is 0 Å². The van der Waals surface area contributed by atoms with Crippen molar-refractivity contribution in [2.75, 3.05) is 13.7 Å². The van der Waals surface area contributed by atoms with Gasteiger partial charge in [0.25, 0.3) is 0 Å². The summed E-state index contributed by atoms with van der Waals surface area (Å²) in [4.78, 5) is 0. The fourth-order valence-electron chi connectivity index (χ4n) is 1.96. The molecule has 84 valence electrons. The van der Waals surface area contributed by atoms with E-state index in [-0.39, 0.29) is 0 Å². The summed E-state index contributed by atoms with van der Waals surface area (Å²) < 4.78 is 6.33. The second kappa shape index (κ2) is 4.99. The van der Waals surface area contributed by atoms with Gasteiger partial charge in [0.2, 0.25) is 0 Å². The van der Waals surface area contributed by atoms with Crippen LogP contribution in [0.4, 0.5) is 0 Å². The average Bonchev–Trinajstić information content (AvgIpc) is 2.23. The summed E-state index contributed by atoms with van der Waals surface area (Å²) in [5.41, 5.74) is 9.51.